The molecule has 15 heavy (non-hydrogen) atoms. The van der Waals surface area contributed by atoms with Gasteiger partial charge in [-0.05, 0) is 18.3 Å². The van der Waals surface area contributed by atoms with E-state index in [0.717, 1.165) is 11.6 Å². The Morgan fingerprint density at radius 2 is 2.33 bits per heavy atom. The van der Waals surface area contributed by atoms with Crippen molar-refractivity contribution in [3.8, 4) is 0 Å². The summed E-state index contributed by atoms with van der Waals surface area (Å²) in [6, 6.07) is 0. The molecular weight excluding hydrogens is 212 g/mol. The van der Waals surface area contributed by atoms with Crippen LogP contribution in [0.1, 0.15) is 28.3 Å². The molecule has 1 saturated carbocycles. The fourth-order valence-electron chi connectivity index (χ4n) is 2.18. The number of aromatic carboxylic acids is 1. The second-order valence-electron chi connectivity index (χ2n) is 4.58. The number of hydrogen-bond donors (Lipinski definition) is 1. The highest BCUT2D eigenvalue weighted by Gasteiger charge is 2.51. The summed E-state index contributed by atoms with van der Waals surface area (Å²) in [5.41, 5.74) is 0.837. The van der Waals surface area contributed by atoms with Gasteiger partial charge < -0.3 is 5.11 Å². The molecule has 4 nitrogen and oxygen atoms in total. The third kappa shape index (κ3) is 1.66. The highest BCUT2D eigenvalue weighted by atomic mass is 32.1. The molecule has 2 fully saturated rings. The van der Waals surface area contributed by atoms with Crippen LogP contribution in [0.2, 0.25) is 0 Å². The van der Waals surface area contributed by atoms with E-state index >= 15 is 0 Å². The summed E-state index contributed by atoms with van der Waals surface area (Å²) >= 11 is 1.44. The average molecular weight is 224 g/mol. The summed E-state index contributed by atoms with van der Waals surface area (Å²) < 4.78 is 0. The Bertz CT molecular complexity index is 403. The number of nitrogens with zero attached hydrogens (tertiary/aromatic N) is 2. The van der Waals surface area contributed by atoms with Gasteiger partial charge >= 0.3 is 5.97 Å². The van der Waals surface area contributed by atoms with Crippen molar-refractivity contribution in [2.24, 2.45) is 5.41 Å². The van der Waals surface area contributed by atoms with Gasteiger partial charge in [0.2, 0.25) is 0 Å². The van der Waals surface area contributed by atoms with Crippen LogP contribution in [0.25, 0.3) is 0 Å². The maximum Gasteiger partial charge on any atom is 0.355 e. The summed E-state index contributed by atoms with van der Waals surface area (Å²) in [5, 5.41) is 11.3. The Labute approximate surface area is 91.5 Å². The summed E-state index contributed by atoms with van der Waals surface area (Å²) in [5.74, 6) is -0.931. The molecule has 80 valence electrons. The number of carboxylic acid groups (broad SMARTS) is 1. The Balaban J connectivity index is 1.60. The zero-order chi connectivity index (χ0) is 10.5. The molecule has 5 heteroatoms. The molecular formula is C10H12N2O2S. The van der Waals surface area contributed by atoms with Crippen molar-refractivity contribution in [1.29, 1.82) is 0 Å². The van der Waals surface area contributed by atoms with Crippen molar-refractivity contribution < 1.29 is 9.90 Å². The Kier molecular flexibility index (Phi) is 1.87. The predicted octanol–water partition coefficient (Wildman–Crippen LogP) is 1.44. The van der Waals surface area contributed by atoms with E-state index in [1.165, 1.54) is 37.3 Å². The van der Waals surface area contributed by atoms with Crippen LogP contribution in [0, 0.1) is 5.41 Å². The van der Waals surface area contributed by atoms with Crippen molar-refractivity contribution in [3.63, 3.8) is 0 Å². The molecule has 1 spiro atoms. The lowest BCUT2D eigenvalue weighted by Crippen LogP contribution is -2.47. The van der Waals surface area contributed by atoms with Gasteiger partial charge in [0.15, 0.2) is 5.69 Å². The van der Waals surface area contributed by atoms with Gasteiger partial charge in [0, 0.05) is 18.5 Å². The van der Waals surface area contributed by atoms with Gasteiger partial charge in [-0.1, -0.05) is 0 Å². The smallest absolute Gasteiger partial charge is 0.355 e. The minimum absolute atomic E-state index is 0.177. The number of hydrogen-bond acceptors (Lipinski definition) is 4. The predicted molar refractivity (Wildman–Crippen MR) is 56.0 cm³/mol. The SMILES string of the molecule is O=C(O)c1csc(CN2CC3(CC3)C2)n1. The first-order valence-electron chi connectivity index (χ1n) is 5.07. The molecule has 0 bridgehead atoms. The van der Waals surface area contributed by atoms with E-state index in [9.17, 15) is 4.79 Å². The van der Waals surface area contributed by atoms with Crippen LogP contribution >= 0.6 is 11.3 Å². The van der Waals surface area contributed by atoms with Crippen molar-refractivity contribution in [2.45, 2.75) is 19.4 Å². The lowest BCUT2D eigenvalue weighted by molar-refractivity contribution is 0.0683. The Morgan fingerprint density at radius 3 is 2.87 bits per heavy atom. The van der Waals surface area contributed by atoms with Crippen LogP contribution in [0.4, 0.5) is 0 Å². The van der Waals surface area contributed by atoms with Crippen LogP contribution < -0.4 is 0 Å². The van der Waals surface area contributed by atoms with Crippen molar-refractivity contribution in [3.05, 3.63) is 16.1 Å². The van der Waals surface area contributed by atoms with Crippen LogP contribution in [0.5, 0.6) is 0 Å². The van der Waals surface area contributed by atoms with Gasteiger partial charge in [0.05, 0.1) is 6.54 Å². The molecule has 1 saturated heterocycles. The molecule has 3 rings (SSSR count). The number of carboxylic acids is 1. The van der Waals surface area contributed by atoms with Gasteiger partial charge in [-0.3, -0.25) is 4.90 Å². The van der Waals surface area contributed by atoms with E-state index in [-0.39, 0.29) is 5.69 Å². The van der Waals surface area contributed by atoms with Gasteiger partial charge in [-0.2, -0.15) is 0 Å². The van der Waals surface area contributed by atoms with Crippen molar-refractivity contribution >= 4 is 17.3 Å². The molecule has 1 aliphatic heterocycles. The second-order valence-corrected chi connectivity index (χ2v) is 5.52. The molecule has 0 radical (unpaired) electrons. The highest BCUT2D eigenvalue weighted by molar-refractivity contribution is 7.09. The number of aromatic nitrogens is 1. The summed E-state index contributed by atoms with van der Waals surface area (Å²) in [6.07, 6.45) is 2.75. The summed E-state index contributed by atoms with van der Waals surface area (Å²) in [6.45, 7) is 3.17. The zero-order valence-electron chi connectivity index (χ0n) is 8.27. The summed E-state index contributed by atoms with van der Waals surface area (Å²) in [4.78, 5) is 17.0. The molecule has 1 aliphatic carbocycles. The number of carbonyl (C=O) groups is 1. The van der Waals surface area contributed by atoms with E-state index < -0.39 is 5.97 Å². The average Bonchev–Trinajstić information content (AvgIpc) is 2.76. The second kappa shape index (κ2) is 3.02. The molecule has 1 aromatic heterocycles. The Hall–Kier alpha value is -0.940. The molecule has 1 N–H and O–H groups in total. The fourth-order valence-corrected chi connectivity index (χ4v) is 2.99. The van der Waals surface area contributed by atoms with Gasteiger partial charge in [-0.15, -0.1) is 11.3 Å². The van der Waals surface area contributed by atoms with E-state index in [4.69, 9.17) is 5.11 Å². The highest BCUT2D eigenvalue weighted by Crippen LogP contribution is 2.53. The monoisotopic (exact) mass is 224 g/mol. The number of likely N-dealkylation sites (tertiary alicyclic amines) is 1. The van der Waals surface area contributed by atoms with Crippen molar-refractivity contribution in [2.75, 3.05) is 13.1 Å². The largest absolute Gasteiger partial charge is 0.476 e. The molecule has 2 heterocycles. The lowest BCUT2D eigenvalue weighted by atomic mass is 9.97. The van der Waals surface area contributed by atoms with Crippen LogP contribution in [0.15, 0.2) is 5.38 Å². The standard InChI is InChI=1S/C10H12N2O2S/c13-9(14)7-4-15-8(11-7)3-12-5-10(6-12)1-2-10/h4H,1-3,5-6H2,(H,13,14). The lowest BCUT2D eigenvalue weighted by Gasteiger charge is -2.39. The first-order chi connectivity index (χ1) is 7.17. The van der Waals surface area contributed by atoms with Crippen LogP contribution in [-0.4, -0.2) is 34.0 Å². The van der Waals surface area contributed by atoms with E-state index in [1.807, 2.05) is 0 Å². The zero-order valence-corrected chi connectivity index (χ0v) is 9.09. The van der Waals surface area contributed by atoms with Gasteiger partial charge in [0.25, 0.3) is 0 Å². The number of rotatable bonds is 3. The first-order valence-corrected chi connectivity index (χ1v) is 5.95. The van der Waals surface area contributed by atoms with Gasteiger partial charge in [-0.25, -0.2) is 9.78 Å². The van der Waals surface area contributed by atoms with Gasteiger partial charge in [0.1, 0.15) is 5.01 Å². The molecule has 0 unspecified atom stereocenters. The normalized spacial score (nSPS) is 22.7. The molecule has 1 aromatic rings. The minimum Gasteiger partial charge on any atom is -0.476 e. The van der Waals surface area contributed by atoms with Crippen LogP contribution in [0.3, 0.4) is 0 Å². The van der Waals surface area contributed by atoms with E-state index in [0.29, 0.717) is 5.41 Å². The topological polar surface area (TPSA) is 53.4 Å². The Morgan fingerprint density at radius 1 is 1.60 bits per heavy atom. The fraction of sp³-hybridized carbons (Fsp3) is 0.600. The van der Waals surface area contributed by atoms with E-state index in [2.05, 4.69) is 9.88 Å². The molecule has 0 aromatic carbocycles. The maximum absolute atomic E-state index is 10.6. The molecule has 2 aliphatic rings. The third-order valence-corrected chi connectivity index (χ3v) is 4.04. The third-order valence-electron chi connectivity index (χ3n) is 3.20. The quantitative estimate of drug-likeness (QED) is 0.844. The molecule has 0 atom stereocenters. The first kappa shape index (κ1) is 9.30. The van der Waals surface area contributed by atoms with Crippen molar-refractivity contribution in [1.82, 2.24) is 9.88 Å². The van der Waals surface area contributed by atoms with Crippen LogP contribution in [-0.2, 0) is 6.54 Å². The maximum atomic E-state index is 10.6. The minimum atomic E-state index is -0.931. The molecule has 0 amide bonds. The number of thiazole rings is 1. The summed E-state index contributed by atoms with van der Waals surface area (Å²) in [7, 11) is 0. The van der Waals surface area contributed by atoms with E-state index in [1.54, 1.807) is 5.38 Å².